The SMILES string of the molecule is Cc1cc(Br)cnc1N1CCC(C(=O)N2CCCC2)CC1. The molecule has 2 saturated heterocycles. The second-order valence-electron chi connectivity index (χ2n) is 6.09. The summed E-state index contributed by atoms with van der Waals surface area (Å²) >= 11 is 3.46. The number of hydrogen-bond donors (Lipinski definition) is 0. The Labute approximate surface area is 134 Å². The van der Waals surface area contributed by atoms with Gasteiger partial charge in [0.25, 0.3) is 0 Å². The first-order valence-corrected chi connectivity index (χ1v) is 8.60. The minimum Gasteiger partial charge on any atom is -0.356 e. The molecule has 0 N–H and O–H groups in total. The van der Waals surface area contributed by atoms with Crippen molar-refractivity contribution in [1.29, 1.82) is 0 Å². The second-order valence-corrected chi connectivity index (χ2v) is 7.00. The molecule has 21 heavy (non-hydrogen) atoms. The largest absolute Gasteiger partial charge is 0.356 e. The summed E-state index contributed by atoms with van der Waals surface area (Å²) in [5.41, 5.74) is 1.19. The molecule has 4 nitrogen and oxygen atoms in total. The molecule has 3 heterocycles. The predicted octanol–water partition coefficient (Wildman–Crippen LogP) is 2.99. The van der Waals surface area contributed by atoms with Crippen LogP contribution in [0.5, 0.6) is 0 Å². The Morgan fingerprint density at radius 2 is 1.90 bits per heavy atom. The van der Waals surface area contributed by atoms with E-state index < -0.39 is 0 Å². The zero-order valence-electron chi connectivity index (χ0n) is 12.5. The van der Waals surface area contributed by atoms with Crippen molar-refractivity contribution in [2.45, 2.75) is 32.6 Å². The van der Waals surface area contributed by atoms with Gasteiger partial charge in [-0.05, 0) is 60.2 Å². The summed E-state index contributed by atoms with van der Waals surface area (Å²) in [4.78, 5) is 21.3. The van der Waals surface area contributed by atoms with Crippen molar-refractivity contribution in [2.24, 2.45) is 5.92 Å². The van der Waals surface area contributed by atoms with Crippen LogP contribution in [0.15, 0.2) is 16.7 Å². The van der Waals surface area contributed by atoms with Gasteiger partial charge in [-0.25, -0.2) is 4.98 Å². The predicted molar refractivity (Wildman–Crippen MR) is 87.4 cm³/mol. The molecule has 0 saturated carbocycles. The third-order valence-electron chi connectivity index (χ3n) is 4.58. The Bertz CT molecular complexity index is 520. The van der Waals surface area contributed by atoms with Crippen molar-refractivity contribution in [2.75, 3.05) is 31.1 Å². The fraction of sp³-hybridized carbons (Fsp3) is 0.625. The van der Waals surface area contributed by atoms with E-state index in [0.717, 1.165) is 49.3 Å². The number of rotatable bonds is 2. The van der Waals surface area contributed by atoms with Gasteiger partial charge in [0.1, 0.15) is 5.82 Å². The monoisotopic (exact) mass is 351 g/mol. The minimum absolute atomic E-state index is 0.218. The molecular weight excluding hydrogens is 330 g/mol. The molecule has 0 spiro atoms. The third kappa shape index (κ3) is 3.23. The number of carbonyl (C=O) groups is 1. The Hall–Kier alpha value is -1.10. The molecule has 0 bridgehead atoms. The zero-order valence-corrected chi connectivity index (χ0v) is 14.1. The molecule has 1 amide bonds. The van der Waals surface area contributed by atoms with Crippen LogP contribution < -0.4 is 4.90 Å². The number of nitrogens with zero attached hydrogens (tertiary/aromatic N) is 3. The van der Waals surface area contributed by atoms with E-state index >= 15 is 0 Å². The molecular formula is C16H22BrN3O. The van der Waals surface area contributed by atoms with Gasteiger partial charge in [-0.3, -0.25) is 4.79 Å². The summed E-state index contributed by atoms with van der Waals surface area (Å²) in [5, 5.41) is 0. The lowest BCUT2D eigenvalue weighted by Crippen LogP contribution is -2.42. The van der Waals surface area contributed by atoms with Crippen LogP contribution in [0.25, 0.3) is 0 Å². The Morgan fingerprint density at radius 1 is 1.24 bits per heavy atom. The molecule has 0 aliphatic carbocycles. The maximum Gasteiger partial charge on any atom is 0.225 e. The van der Waals surface area contributed by atoms with E-state index in [-0.39, 0.29) is 5.92 Å². The number of aryl methyl sites for hydroxylation is 1. The van der Waals surface area contributed by atoms with E-state index in [1.165, 1.54) is 18.4 Å². The van der Waals surface area contributed by atoms with Crippen LogP contribution in [0.1, 0.15) is 31.2 Å². The van der Waals surface area contributed by atoms with Crippen LogP contribution in [0.3, 0.4) is 0 Å². The van der Waals surface area contributed by atoms with Crippen molar-refractivity contribution in [1.82, 2.24) is 9.88 Å². The fourth-order valence-corrected chi connectivity index (χ4v) is 3.84. The number of hydrogen-bond acceptors (Lipinski definition) is 3. The molecule has 1 aromatic rings. The number of likely N-dealkylation sites (tertiary alicyclic amines) is 1. The number of pyridine rings is 1. The number of aromatic nitrogens is 1. The van der Waals surface area contributed by atoms with Crippen molar-refractivity contribution >= 4 is 27.7 Å². The maximum atomic E-state index is 12.4. The summed E-state index contributed by atoms with van der Waals surface area (Å²) in [6.07, 6.45) is 6.10. The summed E-state index contributed by atoms with van der Waals surface area (Å²) in [6, 6.07) is 2.10. The Morgan fingerprint density at radius 3 is 2.52 bits per heavy atom. The van der Waals surface area contributed by atoms with Crippen LogP contribution in [-0.4, -0.2) is 42.0 Å². The van der Waals surface area contributed by atoms with Crippen LogP contribution in [-0.2, 0) is 4.79 Å². The molecule has 2 aliphatic rings. The molecule has 3 rings (SSSR count). The molecule has 0 atom stereocenters. The third-order valence-corrected chi connectivity index (χ3v) is 5.01. The first kappa shape index (κ1) is 14.8. The highest BCUT2D eigenvalue weighted by Crippen LogP contribution is 2.27. The average Bonchev–Trinajstić information content (AvgIpc) is 3.01. The molecule has 0 radical (unpaired) electrons. The van der Waals surface area contributed by atoms with E-state index in [2.05, 4.69) is 43.7 Å². The van der Waals surface area contributed by atoms with Crippen molar-refractivity contribution in [3.8, 4) is 0 Å². The highest BCUT2D eigenvalue weighted by atomic mass is 79.9. The fourth-order valence-electron chi connectivity index (χ4n) is 3.40. The first-order chi connectivity index (χ1) is 10.1. The molecule has 2 aliphatic heterocycles. The molecule has 1 aromatic heterocycles. The van der Waals surface area contributed by atoms with Gasteiger partial charge in [-0.1, -0.05) is 0 Å². The molecule has 0 unspecified atom stereocenters. The van der Waals surface area contributed by atoms with Crippen molar-refractivity contribution in [3.63, 3.8) is 0 Å². The number of anilines is 1. The van der Waals surface area contributed by atoms with E-state index in [1.54, 1.807) is 0 Å². The quantitative estimate of drug-likeness (QED) is 0.821. The minimum atomic E-state index is 0.218. The highest BCUT2D eigenvalue weighted by molar-refractivity contribution is 9.10. The average molecular weight is 352 g/mol. The van der Waals surface area contributed by atoms with Gasteiger partial charge in [-0.2, -0.15) is 0 Å². The summed E-state index contributed by atoms with van der Waals surface area (Å²) in [7, 11) is 0. The van der Waals surface area contributed by atoms with Gasteiger partial charge in [0.2, 0.25) is 5.91 Å². The number of carbonyl (C=O) groups excluding carboxylic acids is 1. The van der Waals surface area contributed by atoms with Crippen LogP contribution in [0.2, 0.25) is 0 Å². The number of amides is 1. The maximum absolute atomic E-state index is 12.4. The summed E-state index contributed by atoms with van der Waals surface area (Å²) in [5.74, 6) is 1.66. The van der Waals surface area contributed by atoms with E-state index in [9.17, 15) is 4.79 Å². The molecule has 0 aromatic carbocycles. The van der Waals surface area contributed by atoms with Crippen molar-refractivity contribution in [3.05, 3.63) is 22.3 Å². The zero-order chi connectivity index (χ0) is 14.8. The summed E-state index contributed by atoms with van der Waals surface area (Å²) in [6.45, 7) is 5.88. The molecule has 114 valence electrons. The van der Waals surface area contributed by atoms with Crippen LogP contribution in [0.4, 0.5) is 5.82 Å². The van der Waals surface area contributed by atoms with Gasteiger partial charge in [0.05, 0.1) is 0 Å². The van der Waals surface area contributed by atoms with Crippen molar-refractivity contribution < 1.29 is 4.79 Å². The Balaban J connectivity index is 1.60. The lowest BCUT2D eigenvalue weighted by Gasteiger charge is -2.34. The number of halogens is 1. The first-order valence-electron chi connectivity index (χ1n) is 7.81. The van der Waals surface area contributed by atoms with Gasteiger partial charge in [-0.15, -0.1) is 0 Å². The van der Waals surface area contributed by atoms with E-state index in [0.29, 0.717) is 5.91 Å². The van der Waals surface area contributed by atoms with Gasteiger partial charge >= 0.3 is 0 Å². The molecule has 2 fully saturated rings. The second kappa shape index (κ2) is 6.34. The summed E-state index contributed by atoms with van der Waals surface area (Å²) < 4.78 is 1.02. The normalized spacial score (nSPS) is 20.1. The van der Waals surface area contributed by atoms with Crippen LogP contribution in [0, 0.1) is 12.8 Å². The van der Waals surface area contributed by atoms with E-state index in [4.69, 9.17) is 0 Å². The lowest BCUT2D eigenvalue weighted by atomic mass is 9.95. The van der Waals surface area contributed by atoms with E-state index in [1.807, 2.05) is 6.20 Å². The standard InChI is InChI=1S/C16H22BrN3O/c1-12-10-14(17)11-18-15(12)19-8-4-13(5-9-19)16(21)20-6-2-3-7-20/h10-11,13H,2-9H2,1H3. The lowest BCUT2D eigenvalue weighted by molar-refractivity contribution is -0.135. The topological polar surface area (TPSA) is 36.4 Å². The number of piperidine rings is 1. The van der Waals surface area contributed by atoms with Gasteiger partial charge in [0.15, 0.2) is 0 Å². The van der Waals surface area contributed by atoms with Gasteiger partial charge in [0, 0.05) is 42.8 Å². The highest BCUT2D eigenvalue weighted by Gasteiger charge is 2.30. The smallest absolute Gasteiger partial charge is 0.225 e. The van der Waals surface area contributed by atoms with Crippen LogP contribution >= 0.6 is 15.9 Å². The Kier molecular flexibility index (Phi) is 4.48. The molecule has 5 heteroatoms. The van der Waals surface area contributed by atoms with Gasteiger partial charge < -0.3 is 9.80 Å².